The van der Waals surface area contributed by atoms with Gasteiger partial charge in [-0.2, -0.15) is 0 Å². The number of aliphatic hydroxyl groups excluding tert-OH is 1. The summed E-state index contributed by atoms with van der Waals surface area (Å²) in [5.74, 6) is -6.67. The fourth-order valence-electron chi connectivity index (χ4n) is 12.7. The molecule has 7 atom stereocenters. The number of phenols is 1. The van der Waals surface area contributed by atoms with Crippen LogP contribution in [0.5, 0.6) is 5.75 Å². The first-order valence-electron chi connectivity index (χ1n) is 32.6. The molecule has 4 aliphatic rings. The Morgan fingerprint density at radius 2 is 1.39 bits per heavy atom. The minimum atomic E-state index is -1.28. The summed E-state index contributed by atoms with van der Waals surface area (Å²) >= 11 is 6.97. The molecule has 0 radical (unpaired) electrons. The molecular weight excluding hydrogens is 1410 g/mol. The fourth-order valence-corrected chi connectivity index (χ4v) is 18.1. The van der Waals surface area contributed by atoms with Crippen molar-refractivity contribution in [3.05, 3.63) is 147 Å². The number of carboxylic acids is 1. The Hall–Kier alpha value is -9.19. The number of nitrogens with zero attached hydrogens (tertiary/aromatic N) is 9. The Kier molecular flexibility index (Phi) is 21.5. The van der Waals surface area contributed by atoms with Crippen LogP contribution in [0.15, 0.2) is 93.6 Å². The molecule has 27 nitrogen and oxygen atoms in total. The third-order valence-corrected chi connectivity index (χ3v) is 23.7. The Balaban J connectivity index is 0.880. The van der Waals surface area contributed by atoms with Gasteiger partial charge in [0.05, 0.1) is 55.4 Å². The molecule has 33 heteroatoms. The van der Waals surface area contributed by atoms with Gasteiger partial charge in [0, 0.05) is 94.9 Å². The number of benzene rings is 2. The predicted molar refractivity (Wildman–Crippen MR) is 378 cm³/mol. The second-order valence-corrected chi connectivity index (χ2v) is 30.6. The quantitative estimate of drug-likeness (QED) is 0.0505. The molecule has 7 aromatic heterocycles. The molecule has 3 aliphatic heterocycles. The minimum absolute atomic E-state index is 0.0124. The zero-order valence-corrected chi connectivity index (χ0v) is 59.2. The van der Waals surface area contributed by atoms with Crippen molar-refractivity contribution in [3.63, 3.8) is 0 Å². The summed E-state index contributed by atoms with van der Waals surface area (Å²) in [7, 11) is 0. The molecule has 10 bridgehead atoms. The summed E-state index contributed by atoms with van der Waals surface area (Å²) in [6.45, 7) is 6.60. The number of ketones is 1. The molecule has 2 saturated heterocycles. The lowest BCUT2D eigenvalue weighted by molar-refractivity contribution is -0.143. The van der Waals surface area contributed by atoms with Gasteiger partial charge in [-0.15, -0.1) is 68.0 Å². The molecule has 101 heavy (non-hydrogen) atoms. The summed E-state index contributed by atoms with van der Waals surface area (Å²) in [4.78, 5) is 151. The Morgan fingerprint density at radius 1 is 0.723 bits per heavy atom. The van der Waals surface area contributed by atoms with Crippen LogP contribution in [0.4, 0.5) is 4.79 Å². The Morgan fingerprint density at radius 3 is 2.14 bits per heavy atom. The summed E-state index contributed by atoms with van der Waals surface area (Å²) in [6, 6.07) is 15.0. The van der Waals surface area contributed by atoms with E-state index < -0.39 is 108 Å². The monoisotopic (exact) mass is 1480 g/mol. The molecule has 9 aromatic rings. The van der Waals surface area contributed by atoms with E-state index >= 15 is 9.59 Å². The molecule has 0 spiro atoms. The van der Waals surface area contributed by atoms with Gasteiger partial charge in [-0.25, -0.2) is 39.7 Å². The maximum absolute atomic E-state index is 15.4. The average Bonchev–Trinajstić information content (AvgIpc) is 1.64. The standard InChI is InChI=1S/C68H68N14O13S6/c1-33-51(85)27-82-55(33)65-79-49(32-100-65)63-75-45(28-98-63)54-40(16-17-42(72-54)62-78-46(31-99-62)57(87)71-38-12-10-37(11-13-38)67(91)92)60-76-47(29-96-60)58(88)73-43(26-52(69)86)64-80-53(34(2)101-64)50(84)25-41(56(36-6-4-3-5-7-36)95-68(93)70-18-19-81-20-22-94-23-21-81)61-77-48(30-97-61)59(89)74-44(66(82)90)24-35-8-14-39(83)15-9-35/h3-9,14-17,28-33,37-38,41,43-44,51,55-56,83,85H,10-13,18-27H2,1-2H3,(H2,69,86)(H,70,93)(H,71,87)(H,73,88)(H,74,89)(H,91,92)/t33-,37?,38?,41-,43-,44-,51-,55-,56+/m0/s1. The Bertz CT molecular complexity index is 4560. The van der Waals surface area contributed by atoms with Gasteiger partial charge in [0.15, 0.2) is 5.78 Å². The van der Waals surface area contributed by atoms with E-state index in [1.165, 1.54) is 56.4 Å². The zero-order valence-electron chi connectivity index (χ0n) is 54.3. The third-order valence-electron chi connectivity index (χ3n) is 18.1. The molecule has 13 rings (SSSR count). The number of carboxylic acid groups (broad SMARTS) is 1. The van der Waals surface area contributed by atoms with E-state index in [4.69, 9.17) is 45.1 Å². The highest BCUT2D eigenvalue weighted by molar-refractivity contribution is 7.15. The number of rotatable bonds is 14. The van der Waals surface area contributed by atoms with Crippen molar-refractivity contribution in [1.82, 2.24) is 66.0 Å². The first-order valence-corrected chi connectivity index (χ1v) is 37.8. The largest absolute Gasteiger partial charge is 0.508 e. The summed E-state index contributed by atoms with van der Waals surface area (Å²) in [5.41, 5.74) is 8.93. The average molecular weight is 1480 g/mol. The molecule has 2 aromatic carbocycles. The minimum Gasteiger partial charge on any atom is -0.508 e. The van der Waals surface area contributed by atoms with Crippen LogP contribution >= 0.6 is 68.0 Å². The highest BCUT2D eigenvalue weighted by Crippen LogP contribution is 2.44. The molecule has 9 N–H and O–H groups in total. The molecular formula is C68H68N14O13S6. The smallest absolute Gasteiger partial charge is 0.407 e. The number of carbonyl (C=O) groups is 8. The van der Waals surface area contributed by atoms with Gasteiger partial charge in [-0.1, -0.05) is 49.4 Å². The number of morpholine rings is 1. The number of fused-ring (bicyclic) bond motifs is 16. The number of aliphatic hydroxyl groups is 1. The van der Waals surface area contributed by atoms with Gasteiger partial charge in [-0.05, 0) is 68.0 Å². The second-order valence-electron chi connectivity index (χ2n) is 25.0. The first kappa shape index (κ1) is 70.3. The SMILES string of the molecule is Cc1sc2nc1C(=O)C[C@@H]([C@H](OC(=O)NCCN1CCOCC1)c1ccccc1)c1nc(cs1)C(=O)N[C@@H](Cc1ccc(O)cc1)C(=O)N1C[C@H](O)[C@H](C)[C@H]1c1nc(cs1)-c1nc(cs1)-c1nc(-c3nc(C(=O)NC4CCC(C(=O)O)CC4)cs3)ccc1-c1nc(cs1)C(=O)N[C@H]2CC(N)=O. The number of ether oxygens (including phenoxy) is 2. The van der Waals surface area contributed by atoms with Gasteiger partial charge in [-0.3, -0.25) is 38.5 Å². The molecule has 10 heterocycles. The third kappa shape index (κ3) is 16.1. The number of nitrogens with one attached hydrogen (secondary N) is 4. The molecule has 1 saturated carbocycles. The summed E-state index contributed by atoms with van der Waals surface area (Å²) in [5, 5.41) is 53.5. The zero-order chi connectivity index (χ0) is 70.6. The maximum atomic E-state index is 15.4. The summed E-state index contributed by atoms with van der Waals surface area (Å²) in [6.07, 6.45) is -1.93. The molecule has 0 unspecified atom stereocenters. The number of amides is 6. The number of thiazole rings is 6. The number of hydrogen-bond donors (Lipinski definition) is 8. The molecule has 6 amide bonds. The molecule has 524 valence electrons. The normalized spacial score (nSPS) is 21.8. The van der Waals surface area contributed by atoms with Gasteiger partial charge < -0.3 is 56.7 Å². The van der Waals surface area contributed by atoms with Crippen molar-refractivity contribution < 1.29 is 63.1 Å². The lowest BCUT2D eigenvalue weighted by Gasteiger charge is -2.29. The number of aromatic hydroxyl groups is 1. The van der Waals surface area contributed by atoms with Crippen LogP contribution in [0, 0.1) is 18.8 Å². The number of hydrogen-bond acceptors (Lipinski definition) is 26. The van der Waals surface area contributed by atoms with Crippen molar-refractivity contribution in [3.8, 4) is 49.1 Å². The van der Waals surface area contributed by atoms with Gasteiger partial charge in [0.25, 0.3) is 17.7 Å². The van der Waals surface area contributed by atoms with Gasteiger partial charge in [0.1, 0.15) is 87.8 Å². The Labute approximate surface area is 601 Å². The lowest BCUT2D eigenvalue weighted by Crippen LogP contribution is -2.50. The number of Topliss-reactive ketones (excluding diaryl/α,β-unsaturated/α-hetero) is 1. The highest BCUT2D eigenvalue weighted by atomic mass is 32.1. The van der Waals surface area contributed by atoms with Crippen molar-refractivity contribution >= 4 is 115 Å². The van der Waals surface area contributed by atoms with Crippen LogP contribution in [0.1, 0.15) is 143 Å². The van der Waals surface area contributed by atoms with E-state index in [1.54, 1.807) is 83.0 Å². The molecule has 3 fully saturated rings. The van der Waals surface area contributed by atoms with Crippen LogP contribution in [-0.4, -0.2) is 172 Å². The molecule has 1 aliphatic carbocycles. The van der Waals surface area contributed by atoms with Gasteiger partial charge >= 0.3 is 12.1 Å². The van der Waals surface area contributed by atoms with Crippen molar-refractivity contribution in [2.75, 3.05) is 45.9 Å². The van der Waals surface area contributed by atoms with Crippen LogP contribution in [0.25, 0.3) is 43.4 Å². The number of phenolic OH excluding ortho intramolecular Hbond substituents is 1. The fraction of sp³-hybridized carbons (Fsp3) is 0.368. The number of primary amides is 1. The number of aliphatic carboxylic acids is 1. The number of aromatic nitrogens is 7. The van der Waals surface area contributed by atoms with E-state index in [2.05, 4.69) is 31.2 Å². The number of nitrogens with two attached hydrogens (primary N) is 1. The van der Waals surface area contributed by atoms with E-state index in [-0.39, 0.29) is 64.1 Å². The van der Waals surface area contributed by atoms with Crippen LogP contribution in [0.2, 0.25) is 0 Å². The van der Waals surface area contributed by atoms with Crippen LogP contribution < -0.4 is 27.0 Å². The lowest BCUT2D eigenvalue weighted by atomic mass is 9.86. The second kappa shape index (κ2) is 31.0. The topological polar surface area (TPSA) is 387 Å². The van der Waals surface area contributed by atoms with E-state index in [9.17, 15) is 44.1 Å². The van der Waals surface area contributed by atoms with Crippen molar-refractivity contribution in [1.29, 1.82) is 0 Å². The van der Waals surface area contributed by atoms with Gasteiger partial charge in [0.2, 0.25) is 11.8 Å². The number of alkyl carbamates (subject to hydrolysis) is 1. The van der Waals surface area contributed by atoms with E-state index in [0.717, 1.165) is 34.0 Å². The maximum Gasteiger partial charge on any atom is 0.407 e. The highest BCUT2D eigenvalue weighted by Gasteiger charge is 2.46. The van der Waals surface area contributed by atoms with E-state index in [0.29, 0.717) is 123 Å². The number of aryl methyl sites for hydroxylation is 1. The van der Waals surface area contributed by atoms with Crippen LogP contribution in [-0.2, 0) is 30.3 Å². The predicted octanol–water partition coefficient (Wildman–Crippen LogP) is 8.61. The van der Waals surface area contributed by atoms with E-state index in [1.807, 2.05) is 6.92 Å². The van der Waals surface area contributed by atoms with Crippen LogP contribution in [0.3, 0.4) is 0 Å². The number of pyridine rings is 1. The summed E-state index contributed by atoms with van der Waals surface area (Å²) < 4.78 is 11.8. The van der Waals surface area contributed by atoms with Crippen molar-refractivity contribution in [2.45, 2.75) is 101 Å². The first-order chi connectivity index (χ1) is 48.8. The number of carbonyl (C=O) groups excluding carboxylic acids is 7. The van der Waals surface area contributed by atoms with Crippen molar-refractivity contribution in [2.24, 2.45) is 17.6 Å².